The molecule has 0 spiro atoms. The van der Waals surface area contributed by atoms with E-state index in [1.807, 2.05) is 26.0 Å². The van der Waals surface area contributed by atoms with Gasteiger partial charge in [-0.1, -0.05) is 29.4 Å². The molecule has 2 heterocycles. The Morgan fingerprint density at radius 2 is 2.11 bits per heavy atom. The molecule has 0 radical (unpaired) electrons. The zero-order valence-corrected chi connectivity index (χ0v) is 18.0. The van der Waals surface area contributed by atoms with Crippen molar-refractivity contribution in [2.24, 2.45) is 0 Å². The third kappa shape index (κ3) is 3.83. The molecule has 1 aliphatic rings. The maximum atomic E-state index is 12.6. The van der Waals surface area contributed by atoms with E-state index in [0.717, 1.165) is 40.6 Å². The van der Waals surface area contributed by atoms with E-state index in [0.29, 0.717) is 15.9 Å². The molecule has 146 valence electrons. The average Bonchev–Trinajstić information content (AvgIpc) is 3.01. The molecule has 1 aliphatic carbocycles. The van der Waals surface area contributed by atoms with E-state index < -0.39 is 0 Å². The lowest BCUT2D eigenvalue weighted by Crippen LogP contribution is -2.16. The minimum Gasteiger partial charge on any atom is -0.324 e. The number of aromatic nitrogens is 2. The normalized spacial score (nSPS) is 13.5. The number of nitrogens with one attached hydrogen (secondary N) is 2. The van der Waals surface area contributed by atoms with Gasteiger partial charge in [0.25, 0.3) is 5.56 Å². The molecule has 1 amide bonds. The molecule has 5 nitrogen and oxygen atoms in total. The Labute approximate surface area is 175 Å². The number of halogens is 1. The van der Waals surface area contributed by atoms with Gasteiger partial charge in [-0.25, -0.2) is 4.98 Å². The third-order valence-electron chi connectivity index (χ3n) is 4.84. The standard InChI is InChI=1S/C20H20ClN3O2S2/c1-10-7-11(2)17(13(21)8-10)22-15(25)9-27-20-23-18(26)16-12-5-3-4-6-14(12)28-19(16)24-20/h7-8H,3-6,9H2,1-2H3,(H,22,25)(H,23,24,26). The summed E-state index contributed by atoms with van der Waals surface area (Å²) in [7, 11) is 0. The fourth-order valence-electron chi connectivity index (χ4n) is 3.60. The molecule has 0 aliphatic heterocycles. The van der Waals surface area contributed by atoms with Crippen LogP contribution in [0.1, 0.15) is 34.4 Å². The topological polar surface area (TPSA) is 74.8 Å². The molecule has 0 saturated heterocycles. The Bertz CT molecular complexity index is 1110. The highest BCUT2D eigenvalue weighted by atomic mass is 35.5. The summed E-state index contributed by atoms with van der Waals surface area (Å²) in [5, 5.41) is 4.58. The van der Waals surface area contributed by atoms with Crippen LogP contribution in [0.3, 0.4) is 0 Å². The van der Waals surface area contributed by atoms with Gasteiger partial charge in [0.1, 0.15) is 4.83 Å². The zero-order chi connectivity index (χ0) is 19.8. The molecule has 1 aromatic carbocycles. The van der Waals surface area contributed by atoms with Crippen LogP contribution in [0.5, 0.6) is 0 Å². The summed E-state index contributed by atoms with van der Waals surface area (Å²) in [5.74, 6) is -0.0459. The van der Waals surface area contributed by atoms with Crippen LogP contribution in [0.25, 0.3) is 10.2 Å². The molecule has 2 aromatic heterocycles. The smallest absolute Gasteiger partial charge is 0.260 e. The summed E-state index contributed by atoms with van der Waals surface area (Å²) < 4.78 is 0. The highest BCUT2D eigenvalue weighted by Gasteiger charge is 2.20. The van der Waals surface area contributed by atoms with Gasteiger partial charge >= 0.3 is 0 Å². The number of rotatable bonds is 4. The Kier molecular flexibility index (Phi) is 5.49. The fraction of sp³-hybridized carbons (Fsp3) is 0.350. The van der Waals surface area contributed by atoms with Crippen LogP contribution in [0, 0.1) is 13.8 Å². The largest absolute Gasteiger partial charge is 0.324 e. The lowest BCUT2D eigenvalue weighted by atomic mass is 9.97. The van der Waals surface area contributed by atoms with E-state index in [1.165, 1.54) is 28.6 Å². The van der Waals surface area contributed by atoms with Crippen LogP contribution in [0.15, 0.2) is 22.1 Å². The quantitative estimate of drug-likeness (QED) is 0.455. The van der Waals surface area contributed by atoms with Gasteiger partial charge in [-0.15, -0.1) is 11.3 Å². The number of fused-ring (bicyclic) bond motifs is 3. The number of carbonyl (C=O) groups excluding carboxylic acids is 1. The number of amides is 1. The van der Waals surface area contributed by atoms with Crippen LogP contribution >= 0.6 is 34.7 Å². The number of aryl methyl sites for hydroxylation is 4. The summed E-state index contributed by atoms with van der Waals surface area (Å²) in [6.45, 7) is 3.87. The molecule has 4 rings (SSSR count). The molecular weight excluding hydrogens is 414 g/mol. The lowest BCUT2D eigenvalue weighted by Gasteiger charge is -2.11. The predicted molar refractivity (Wildman–Crippen MR) is 117 cm³/mol. The summed E-state index contributed by atoms with van der Waals surface area (Å²) in [4.78, 5) is 34.4. The van der Waals surface area contributed by atoms with Crippen molar-refractivity contribution in [1.82, 2.24) is 9.97 Å². The van der Waals surface area contributed by atoms with E-state index in [2.05, 4.69) is 15.3 Å². The van der Waals surface area contributed by atoms with Gasteiger partial charge in [0.15, 0.2) is 5.16 Å². The zero-order valence-electron chi connectivity index (χ0n) is 15.6. The Hall–Kier alpha value is -1.83. The first-order valence-corrected chi connectivity index (χ1v) is 11.3. The van der Waals surface area contributed by atoms with Crippen molar-refractivity contribution in [3.63, 3.8) is 0 Å². The van der Waals surface area contributed by atoms with Gasteiger partial charge in [0.2, 0.25) is 5.91 Å². The van der Waals surface area contributed by atoms with Gasteiger partial charge in [-0.05, 0) is 62.3 Å². The Balaban J connectivity index is 1.50. The van der Waals surface area contributed by atoms with Crippen molar-refractivity contribution in [3.05, 3.63) is 49.1 Å². The molecule has 0 fully saturated rings. The Morgan fingerprint density at radius 3 is 2.89 bits per heavy atom. The first kappa shape index (κ1) is 19.5. The first-order chi connectivity index (χ1) is 13.4. The molecule has 0 saturated carbocycles. The molecule has 3 aromatic rings. The Morgan fingerprint density at radius 1 is 1.32 bits per heavy atom. The van der Waals surface area contributed by atoms with E-state index in [-0.39, 0.29) is 17.2 Å². The monoisotopic (exact) mass is 433 g/mol. The molecule has 0 bridgehead atoms. The number of hydrogen-bond donors (Lipinski definition) is 2. The van der Waals surface area contributed by atoms with Crippen molar-refractivity contribution in [3.8, 4) is 0 Å². The maximum Gasteiger partial charge on any atom is 0.260 e. The predicted octanol–water partition coefficient (Wildman–Crippen LogP) is 4.86. The summed E-state index contributed by atoms with van der Waals surface area (Å²) in [6, 6.07) is 3.79. The molecule has 8 heteroatoms. The van der Waals surface area contributed by atoms with Crippen LogP contribution in [0.2, 0.25) is 5.02 Å². The molecule has 28 heavy (non-hydrogen) atoms. The number of anilines is 1. The summed E-state index contributed by atoms with van der Waals surface area (Å²) in [5.41, 5.74) is 3.65. The number of thioether (sulfide) groups is 1. The molecule has 2 N–H and O–H groups in total. The number of hydrogen-bond acceptors (Lipinski definition) is 5. The fourth-order valence-corrected chi connectivity index (χ4v) is 5.94. The van der Waals surface area contributed by atoms with E-state index in [4.69, 9.17) is 11.6 Å². The molecule has 0 unspecified atom stereocenters. The van der Waals surface area contributed by atoms with E-state index >= 15 is 0 Å². The van der Waals surface area contributed by atoms with Gasteiger partial charge in [0, 0.05) is 4.88 Å². The SMILES string of the molecule is Cc1cc(C)c(NC(=O)CSc2nc3sc4c(c3c(=O)[nH]2)CCCC4)c(Cl)c1. The van der Waals surface area contributed by atoms with Crippen LogP contribution in [-0.2, 0) is 17.6 Å². The van der Waals surface area contributed by atoms with Gasteiger partial charge < -0.3 is 10.3 Å². The minimum atomic E-state index is -0.188. The summed E-state index contributed by atoms with van der Waals surface area (Å²) in [6.07, 6.45) is 4.26. The number of nitrogens with zero attached hydrogens (tertiary/aromatic N) is 1. The van der Waals surface area contributed by atoms with E-state index in [1.54, 1.807) is 11.3 Å². The second-order valence-electron chi connectivity index (χ2n) is 7.04. The van der Waals surface area contributed by atoms with Crippen LogP contribution < -0.4 is 10.9 Å². The van der Waals surface area contributed by atoms with Crippen molar-refractivity contribution >= 4 is 56.5 Å². The number of thiophene rings is 1. The second kappa shape index (κ2) is 7.89. The number of benzene rings is 1. The van der Waals surface area contributed by atoms with Crippen molar-refractivity contribution in [1.29, 1.82) is 0 Å². The number of carbonyl (C=O) groups is 1. The van der Waals surface area contributed by atoms with Crippen LogP contribution in [0.4, 0.5) is 5.69 Å². The summed E-state index contributed by atoms with van der Waals surface area (Å²) >= 11 is 9.08. The third-order valence-corrected chi connectivity index (χ3v) is 7.20. The van der Waals surface area contributed by atoms with Gasteiger partial charge in [-0.3, -0.25) is 9.59 Å². The first-order valence-electron chi connectivity index (χ1n) is 9.16. The van der Waals surface area contributed by atoms with Crippen LogP contribution in [-0.4, -0.2) is 21.6 Å². The van der Waals surface area contributed by atoms with E-state index in [9.17, 15) is 9.59 Å². The lowest BCUT2D eigenvalue weighted by molar-refractivity contribution is -0.113. The highest BCUT2D eigenvalue weighted by molar-refractivity contribution is 7.99. The number of H-pyrrole nitrogens is 1. The highest BCUT2D eigenvalue weighted by Crippen LogP contribution is 2.34. The molecular formula is C20H20ClN3O2S2. The van der Waals surface area contributed by atoms with Crippen molar-refractivity contribution in [2.45, 2.75) is 44.7 Å². The van der Waals surface area contributed by atoms with Crippen molar-refractivity contribution in [2.75, 3.05) is 11.1 Å². The average molecular weight is 434 g/mol. The molecule has 0 atom stereocenters. The maximum absolute atomic E-state index is 12.6. The second-order valence-corrected chi connectivity index (χ2v) is 9.49. The minimum absolute atomic E-state index is 0.107. The number of aromatic amines is 1. The van der Waals surface area contributed by atoms with Gasteiger partial charge in [0.05, 0.1) is 21.8 Å². The van der Waals surface area contributed by atoms with Gasteiger partial charge in [-0.2, -0.15) is 0 Å². The van der Waals surface area contributed by atoms with Crippen molar-refractivity contribution < 1.29 is 4.79 Å².